The smallest absolute Gasteiger partial charge is 0.433 e. The Morgan fingerprint density at radius 3 is 2.61 bits per heavy atom. The molecule has 2 aliphatic rings. The first kappa shape index (κ1) is 16.3. The summed E-state index contributed by atoms with van der Waals surface area (Å²) in [6, 6.07) is 0.173. The van der Waals surface area contributed by atoms with Crippen molar-refractivity contribution in [2.45, 2.75) is 37.6 Å². The van der Waals surface area contributed by atoms with Crippen LogP contribution >= 0.6 is 11.6 Å². The number of fused-ring (bicyclic) bond motifs is 2. The molecule has 2 bridgehead atoms. The lowest BCUT2D eigenvalue weighted by molar-refractivity contribution is -0.143. The topological polar surface area (TPSA) is 69.6 Å². The summed E-state index contributed by atoms with van der Waals surface area (Å²) >= 11 is 5.62. The van der Waals surface area contributed by atoms with E-state index < -0.39 is 29.2 Å². The number of alkyl halides is 3. The fraction of sp³-hybridized carbons (Fsp3) is 0.615. The number of aliphatic carboxylic acids is 1. The summed E-state index contributed by atoms with van der Waals surface area (Å²) in [6.45, 7) is 2.50. The summed E-state index contributed by atoms with van der Waals surface area (Å²) in [5, 5.41) is 8.65. The first-order chi connectivity index (χ1) is 10.7. The molecular formula is C13H14ClF3N4O2. The third kappa shape index (κ3) is 2.94. The fourth-order valence-electron chi connectivity index (χ4n) is 3.29. The van der Waals surface area contributed by atoms with Gasteiger partial charge in [-0.05, 0) is 24.9 Å². The van der Waals surface area contributed by atoms with Crippen molar-refractivity contribution in [1.82, 2.24) is 14.9 Å². The van der Waals surface area contributed by atoms with Crippen LogP contribution in [0.15, 0.2) is 6.07 Å². The van der Waals surface area contributed by atoms with Crippen molar-refractivity contribution in [3.05, 3.63) is 17.0 Å². The minimum Gasteiger partial charge on any atom is -0.480 e. The Morgan fingerprint density at radius 1 is 1.39 bits per heavy atom. The predicted octanol–water partition coefficient (Wildman–Crippen LogP) is 1.88. The number of carbonyl (C=O) groups is 1. The molecule has 1 unspecified atom stereocenters. The molecule has 0 aliphatic carbocycles. The van der Waals surface area contributed by atoms with E-state index in [0.717, 1.165) is 6.07 Å². The Morgan fingerprint density at radius 2 is 2.09 bits per heavy atom. The molecular weight excluding hydrogens is 337 g/mol. The minimum absolute atomic E-state index is 0.0193. The van der Waals surface area contributed by atoms with E-state index in [9.17, 15) is 18.0 Å². The molecule has 2 saturated heterocycles. The number of likely N-dealkylation sites (tertiary alicyclic amines) is 1. The van der Waals surface area contributed by atoms with E-state index in [2.05, 4.69) is 9.97 Å². The van der Waals surface area contributed by atoms with Crippen molar-refractivity contribution < 1.29 is 23.1 Å². The molecule has 3 atom stereocenters. The molecule has 0 aromatic carbocycles. The SMILES string of the molecule is CC(C(=O)O)N1C[C@H]2C[C@@H]1CN2c1cc(C(F)(F)F)nc(Cl)n1. The van der Waals surface area contributed by atoms with Gasteiger partial charge in [-0.3, -0.25) is 9.69 Å². The van der Waals surface area contributed by atoms with Crippen molar-refractivity contribution in [2.24, 2.45) is 0 Å². The number of anilines is 1. The molecule has 0 spiro atoms. The lowest BCUT2D eigenvalue weighted by Crippen LogP contribution is -2.52. The Labute approximate surface area is 134 Å². The molecule has 1 aromatic heterocycles. The maximum Gasteiger partial charge on any atom is 0.433 e. The Balaban J connectivity index is 1.82. The van der Waals surface area contributed by atoms with Crippen molar-refractivity contribution in [1.29, 1.82) is 0 Å². The molecule has 3 heterocycles. The monoisotopic (exact) mass is 350 g/mol. The lowest BCUT2D eigenvalue weighted by Gasteiger charge is -2.36. The van der Waals surface area contributed by atoms with Crippen LogP contribution < -0.4 is 4.90 Å². The lowest BCUT2D eigenvalue weighted by atomic mass is 10.2. The highest BCUT2D eigenvalue weighted by atomic mass is 35.5. The highest BCUT2D eigenvalue weighted by molar-refractivity contribution is 6.28. The Kier molecular flexibility index (Phi) is 3.88. The van der Waals surface area contributed by atoms with Crippen molar-refractivity contribution in [3.63, 3.8) is 0 Å². The fourth-order valence-corrected chi connectivity index (χ4v) is 3.47. The van der Waals surface area contributed by atoms with Gasteiger partial charge in [-0.25, -0.2) is 9.97 Å². The first-order valence-corrected chi connectivity index (χ1v) is 7.41. The highest BCUT2D eigenvalue weighted by Gasteiger charge is 2.47. The number of piperazine rings is 1. The number of carboxylic acid groups (broad SMARTS) is 1. The third-order valence-corrected chi connectivity index (χ3v) is 4.58. The van der Waals surface area contributed by atoms with E-state index in [1.54, 1.807) is 11.8 Å². The van der Waals surface area contributed by atoms with Crippen molar-refractivity contribution >= 4 is 23.4 Å². The molecule has 2 aliphatic heterocycles. The van der Waals surface area contributed by atoms with Gasteiger partial charge in [0.1, 0.15) is 11.9 Å². The van der Waals surface area contributed by atoms with Gasteiger partial charge in [0.25, 0.3) is 0 Å². The number of hydrogen-bond acceptors (Lipinski definition) is 5. The second kappa shape index (κ2) is 5.48. The largest absolute Gasteiger partial charge is 0.480 e. The quantitative estimate of drug-likeness (QED) is 0.839. The van der Waals surface area contributed by atoms with Crippen LogP contribution in [0, 0.1) is 0 Å². The second-order valence-electron chi connectivity index (χ2n) is 5.78. The van der Waals surface area contributed by atoms with Gasteiger partial charge in [0.15, 0.2) is 5.69 Å². The standard InChI is InChI=1S/C13H14ClF3N4O2/c1-6(11(22)23)20-4-8-2-7(20)5-21(8)10-3-9(13(15,16)17)18-12(14)19-10/h3,6-8H,2,4-5H2,1H3,(H,22,23)/t6?,7-,8-/m1/s1. The minimum atomic E-state index is -4.59. The molecule has 6 nitrogen and oxygen atoms in total. The Bertz CT molecular complexity index is 642. The van der Waals surface area contributed by atoms with Crippen LogP contribution in [-0.4, -0.2) is 57.2 Å². The molecule has 0 radical (unpaired) electrons. The first-order valence-electron chi connectivity index (χ1n) is 7.04. The highest BCUT2D eigenvalue weighted by Crippen LogP contribution is 2.37. The number of nitrogens with zero attached hydrogens (tertiary/aromatic N) is 4. The molecule has 3 rings (SSSR count). The second-order valence-corrected chi connectivity index (χ2v) is 6.12. The average molecular weight is 351 g/mol. The zero-order valence-corrected chi connectivity index (χ0v) is 12.8. The van der Waals surface area contributed by atoms with E-state index in [0.29, 0.717) is 19.5 Å². The zero-order chi connectivity index (χ0) is 16.9. The van der Waals surface area contributed by atoms with Crippen LogP contribution in [0.4, 0.5) is 19.0 Å². The summed E-state index contributed by atoms with van der Waals surface area (Å²) in [7, 11) is 0. The summed E-state index contributed by atoms with van der Waals surface area (Å²) < 4.78 is 38.5. The van der Waals surface area contributed by atoms with Gasteiger partial charge in [-0.15, -0.1) is 0 Å². The average Bonchev–Trinajstić information content (AvgIpc) is 3.04. The Hall–Kier alpha value is -1.61. The molecule has 0 amide bonds. The molecule has 23 heavy (non-hydrogen) atoms. The van der Waals surface area contributed by atoms with Crippen LogP contribution in [0.25, 0.3) is 0 Å². The predicted molar refractivity (Wildman–Crippen MR) is 75.4 cm³/mol. The van der Waals surface area contributed by atoms with Gasteiger partial charge in [0, 0.05) is 31.2 Å². The van der Waals surface area contributed by atoms with E-state index >= 15 is 0 Å². The summed E-state index contributed by atoms with van der Waals surface area (Å²) in [5.74, 6) is -0.777. The molecule has 126 valence electrons. The normalized spacial score (nSPS) is 25.9. The number of halogens is 4. The van der Waals surface area contributed by atoms with Gasteiger partial charge >= 0.3 is 12.1 Å². The van der Waals surface area contributed by atoms with E-state index in [4.69, 9.17) is 16.7 Å². The van der Waals surface area contributed by atoms with Crippen LogP contribution in [-0.2, 0) is 11.0 Å². The van der Waals surface area contributed by atoms with Gasteiger partial charge in [0.2, 0.25) is 5.28 Å². The van der Waals surface area contributed by atoms with Crippen LogP contribution in [0.3, 0.4) is 0 Å². The number of hydrogen-bond donors (Lipinski definition) is 1. The molecule has 10 heteroatoms. The van der Waals surface area contributed by atoms with Crippen LogP contribution in [0.2, 0.25) is 5.28 Å². The maximum atomic E-state index is 12.8. The van der Waals surface area contributed by atoms with E-state index in [1.807, 2.05) is 4.90 Å². The van der Waals surface area contributed by atoms with Gasteiger partial charge in [0.05, 0.1) is 0 Å². The van der Waals surface area contributed by atoms with Gasteiger partial charge < -0.3 is 10.0 Å². The number of carboxylic acids is 1. The number of rotatable bonds is 3. The molecule has 1 N–H and O–H groups in total. The van der Waals surface area contributed by atoms with E-state index in [1.165, 1.54) is 0 Å². The molecule has 0 saturated carbocycles. The van der Waals surface area contributed by atoms with E-state index in [-0.39, 0.29) is 17.9 Å². The van der Waals surface area contributed by atoms with Crippen molar-refractivity contribution in [2.75, 3.05) is 18.0 Å². The third-order valence-electron chi connectivity index (χ3n) is 4.41. The van der Waals surface area contributed by atoms with Gasteiger partial charge in [-0.1, -0.05) is 0 Å². The summed E-state index contributed by atoms with van der Waals surface area (Å²) in [4.78, 5) is 21.8. The molecule has 2 fully saturated rings. The zero-order valence-electron chi connectivity index (χ0n) is 12.1. The maximum absolute atomic E-state index is 12.8. The number of aromatic nitrogens is 2. The van der Waals surface area contributed by atoms with Gasteiger partial charge in [-0.2, -0.15) is 13.2 Å². The summed E-state index contributed by atoms with van der Waals surface area (Å²) in [6.07, 6.45) is -3.90. The summed E-state index contributed by atoms with van der Waals surface area (Å²) in [5.41, 5.74) is -1.08. The van der Waals surface area contributed by atoms with Crippen molar-refractivity contribution in [3.8, 4) is 0 Å². The van der Waals surface area contributed by atoms with Crippen LogP contribution in [0.1, 0.15) is 19.0 Å². The van der Waals surface area contributed by atoms with Crippen LogP contribution in [0.5, 0.6) is 0 Å². The molecule has 1 aromatic rings.